The molecule has 0 bridgehead atoms. The molecule has 0 spiro atoms. The Morgan fingerprint density at radius 3 is 2.04 bits per heavy atom. The van der Waals surface area contributed by atoms with Crippen LogP contribution in [0, 0.1) is 0 Å². The fourth-order valence-corrected chi connectivity index (χ4v) is 6.61. The first-order valence-electron chi connectivity index (χ1n) is 15.1. The van der Waals surface area contributed by atoms with Gasteiger partial charge in [0.1, 0.15) is 0 Å². The number of fused-ring (bicyclic) bond motifs is 6. The van der Waals surface area contributed by atoms with Crippen LogP contribution in [-0.4, -0.2) is 19.5 Å². The van der Waals surface area contributed by atoms with Crippen LogP contribution in [0.25, 0.3) is 82.7 Å². The number of hydrogen-bond acceptors (Lipinski definition) is 3. The molecule has 0 N–H and O–H groups in total. The quantitative estimate of drug-likeness (QED) is 0.210. The molecule has 0 aliphatic heterocycles. The predicted molar refractivity (Wildman–Crippen MR) is 185 cm³/mol. The minimum atomic E-state index is 0.868. The molecule has 45 heavy (non-hydrogen) atoms. The van der Waals surface area contributed by atoms with Gasteiger partial charge >= 0.3 is 0 Å². The number of nitrogens with zero attached hydrogens (tertiary/aromatic N) is 4. The largest absolute Gasteiger partial charge is 0.308 e. The Morgan fingerprint density at radius 1 is 0.422 bits per heavy atom. The Hall–Kier alpha value is -6.13. The van der Waals surface area contributed by atoms with Gasteiger partial charge in [0, 0.05) is 57.5 Å². The number of benzene rings is 5. The van der Waals surface area contributed by atoms with Gasteiger partial charge < -0.3 is 4.57 Å². The van der Waals surface area contributed by atoms with Crippen LogP contribution in [0.15, 0.2) is 158 Å². The molecule has 5 aromatic carbocycles. The van der Waals surface area contributed by atoms with Gasteiger partial charge in [0.05, 0.1) is 28.1 Å². The molecule has 4 nitrogen and oxygen atoms in total. The molecule has 0 unspecified atom stereocenters. The lowest BCUT2D eigenvalue weighted by molar-refractivity contribution is 1.20. The van der Waals surface area contributed by atoms with E-state index in [4.69, 9.17) is 4.98 Å². The van der Waals surface area contributed by atoms with Crippen LogP contribution in [0.5, 0.6) is 0 Å². The summed E-state index contributed by atoms with van der Waals surface area (Å²) in [5.41, 5.74) is 9.75. The number of aromatic nitrogens is 4. The SMILES string of the molecule is c1ccc(-c2ccc(-c3ccc4c(ccc5c6ccc(-c7cccnc7)cc6n(-c6cccc7ccccc67)c45)c3)cn2)nc1. The van der Waals surface area contributed by atoms with Crippen molar-refractivity contribution in [2.75, 3.05) is 0 Å². The fourth-order valence-electron chi connectivity index (χ4n) is 6.61. The lowest BCUT2D eigenvalue weighted by Crippen LogP contribution is -1.96. The lowest BCUT2D eigenvalue weighted by atomic mass is 9.99. The Balaban J connectivity index is 1.28. The first-order valence-corrected chi connectivity index (χ1v) is 15.1. The first kappa shape index (κ1) is 25.4. The second-order valence-corrected chi connectivity index (χ2v) is 11.4. The molecule has 0 radical (unpaired) electrons. The van der Waals surface area contributed by atoms with Gasteiger partial charge in [-0.2, -0.15) is 0 Å². The molecule has 0 saturated heterocycles. The average Bonchev–Trinajstić information content (AvgIpc) is 3.46. The van der Waals surface area contributed by atoms with Crippen LogP contribution < -0.4 is 0 Å². The topological polar surface area (TPSA) is 43.6 Å². The van der Waals surface area contributed by atoms with Gasteiger partial charge in [-0.05, 0) is 64.4 Å². The summed E-state index contributed by atoms with van der Waals surface area (Å²) in [5.74, 6) is 0. The van der Waals surface area contributed by atoms with Crippen molar-refractivity contribution in [2.24, 2.45) is 0 Å². The smallest absolute Gasteiger partial charge is 0.0886 e. The third kappa shape index (κ3) is 4.19. The third-order valence-corrected chi connectivity index (χ3v) is 8.77. The van der Waals surface area contributed by atoms with Crippen LogP contribution in [-0.2, 0) is 0 Å². The maximum atomic E-state index is 4.73. The van der Waals surface area contributed by atoms with Crippen molar-refractivity contribution in [2.45, 2.75) is 0 Å². The Kier molecular flexibility index (Phi) is 5.78. The highest BCUT2D eigenvalue weighted by Crippen LogP contribution is 2.40. The summed E-state index contributed by atoms with van der Waals surface area (Å²) in [6, 6.07) is 47.4. The average molecular weight is 575 g/mol. The zero-order valence-electron chi connectivity index (χ0n) is 24.3. The molecule has 9 aromatic rings. The highest BCUT2D eigenvalue weighted by Gasteiger charge is 2.18. The normalized spacial score (nSPS) is 11.6. The number of pyridine rings is 3. The molecular formula is C41H26N4. The van der Waals surface area contributed by atoms with E-state index in [1.807, 2.05) is 48.9 Å². The van der Waals surface area contributed by atoms with E-state index < -0.39 is 0 Å². The summed E-state index contributed by atoms with van der Waals surface area (Å²) >= 11 is 0. The molecule has 0 atom stereocenters. The summed E-state index contributed by atoms with van der Waals surface area (Å²) in [6.07, 6.45) is 7.49. The summed E-state index contributed by atoms with van der Waals surface area (Å²) in [6.45, 7) is 0. The van der Waals surface area contributed by atoms with Gasteiger partial charge in [-0.15, -0.1) is 0 Å². The molecule has 4 heteroatoms. The standard InChI is InChI=1S/C41H26N4/c1-2-10-33-27(7-1)8-5-12-39(33)45-40-24-29(31-9-6-21-42-25-31)14-18-35(40)36-19-15-30-23-28(13-17-34(30)41(36)45)32-16-20-38(44-26-32)37-11-3-4-22-43-37/h1-26H. The van der Waals surface area contributed by atoms with Crippen molar-refractivity contribution in [3.8, 4) is 39.3 Å². The van der Waals surface area contributed by atoms with Gasteiger partial charge in [0.2, 0.25) is 0 Å². The molecule has 0 saturated carbocycles. The van der Waals surface area contributed by atoms with Crippen molar-refractivity contribution in [1.82, 2.24) is 19.5 Å². The van der Waals surface area contributed by atoms with E-state index in [0.29, 0.717) is 0 Å². The Labute approximate surface area is 259 Å². The van der Waals surface area contributed by atoms with Crippen LogP contribution in [0.3, 0.4) is 0 Å². The van der Waals surface area contributed by atoms with Gasteiger partial charge in [-0.25, -0.2) is 0 Å². The second-order valence-electron chi connectivity index (χ2n) is 11.4. The van der Waals surface area contributed by atoms with Crippen molar-refractivity contribution < 1.29 is 0 Å². The van der Waals surface area contributed by atoms with Crippen molar-refractivity contribution in [3.63, 3.8) is 0 Å². The summed E-state index contributed by atoms with van der Waals surface area (Å²) in [4.78, 5) is 13.6. The zero-order chi connectivity index (χ0) is 29.7. The van der Waals surface area contributed by atoms with Crippen molar-refractivity contribution in [3.05, 3.63) is 158 Å². The van der Waals surface area contributed by atoms with Crippen molar-refractivity contribution >= 4 is 43.4 Å². The molecule has 9 rings (SSSR count). The highest BCUT2D eigenvalue weighted by molar-refractivity contribution is 6.20. The number of rotatable bonds is 4. The summed E-state index contributed by atoms with van der Waals surface area (Å²) in [5, 5.41) is 7.30. The fraction of sp³-hybridized carbons (Fsp3) is 0. The van der Waals surface area contributed by atoms with Crippen molar-refractivity contribution in [1.29, 1.82) is 0 Å². The Morgan fingerprint density at radius 2 is 1.20 bits per heavy atom. The van der Waals surface area contributed by atoms with Crippen LogP contribution in [0.1, 0.15) is 0 Å². The maximum Gasteiger partial charge on any atom is 0.0886 e. The summed E-state index contributed by atoms with van der Waals surface area (Å²) in [7, 11) is 0. The molecule has 0 aliphatic rings. The maximum absolute atomic E-state index is 4.73. The first-order chi connectivity index (χ1) is 22.3. The van der Waals surface area contributed by atoms with Crippen LogP contribution in [0.4, 0.5) is 0 Å². The minimum Gasteiger partial charge on any atom is -0.308 e. The van der Waals surface area contributed by atoms with E-state index >= 15 is 0 Å². The lowest BCUT2D eigenvalue weighted by Gasteiger charge is -2.14. The van der Waals surface area contributed by atoms with Gasteiger partial charge in [0.25, 0.3) is 0 Å². The minimum absolute atomic E-state index is 0.868. The molecule has 4 heterocycles. The van der Waals surface area contributed by atoms with E-state index in [-0.39, 0.29) is 0 Å². The van der Waals surface area contributed by atoms with Crippen LogP contribution >= 0.6 is 0 Å². The molecular weight excluding hydrogens is 548 g/mol. The molecule has 0 amide bonds. The van der Waals surface area contributed by atoms with Gasteiger partial charge in [-0.1, -0.05) is 91.0 Å². The van der Waals surface area contributed by atoms with Crippen LogP contribution in [0.2, 0.25) is 0 Å². The van der Waals surface area contributed by atoms with Gasteiger partial charge in [0.15, 0.2) is 0 Å². The second kappa shape index (κ2) is 10.2. The third-order valence-electron chi connectivity index (χ3n) is 8.77. The van der Waals surface area contributed by atoms with E-state index in [0.717, 1.165) is 33.6 Å². The molecule has 210 valence electrons. The van der Waals surface area contributed by atoms with E-state index in [9.17, 15) is 0 Å². The zero-order valence-corrected chi connectivity index (χ0v) is 24.3. The molecule has 0 fully saturated rings. The molecule has 0 aliphatic carbocycles. The predicted octanol–water partition coefficient (Wildman–Crippen LogP) is 10.3. The number of hydrogen-bond donors (Lipinski definition) is 0. The monoisotopic (exact) mass is 574 g/mol. The molecule has 4 aromatic heterocycles. The van der Waals surface area contributed by atoms with E-state index in [1.54, 1.807) is 6.20 Å². The highest BCUT2D eigenvalue weighted by atomic mass is 15.0. The summed E-state index contributed by atoms with van der Waals surface area (Å²) < 4.78 is 2.46. The Bertz CT molecular complexity index is 2510. The van der Waals surface area contributed by atoms with E-state index in [1.165, 1.54) is 49.0 Å². The van der Waals surface area contributed by atoms with Gasteiger partial charge in [-0.3, -0.25) is 15.0 Å². The van der Waals surface area contributed by atoms with E-state index in [2.05, 4.69) is 118 Å².